The molecule has 106 valence electrons. The van der Waals surface area contributed by atoms with E-state index in [1.165, 1.54) is 0 Å². The van der Waals surface area contributed by atoms with Crippen LogP contribution in [0.4, 0.5) is 17.5 Å². The second-order valence-corrected chi connectivity index (χ2v) is 4.51. The van der Waals surface area contributed by atoms with Gasteiger partial charge >= 0.3 is 0 Å². The van der Waals surface area contributed by atoms with E-state index in [9.17, 15) is 0 Å². The molecule has 0 amide bonds. The van der Waals surface area contributed by atoms with Crippen molar-refractivity contribution in [1.82, 2.24) is 9.97 Å². The first-order valence-electron chi connectivity index (χ1n) is 6.65. The number of rotatable bonds is 6. The Bertz CT molecular complexity index is 572. The van der Waals surface area contributed by atoms with Gasteiger partial charge in [0.2, 0.25) is 5.95 Å². The number of anilines is 3. The quantitative estimate of drug-likeness (QED) is 0.846. The molecule has 0 saturated carbocycles. The van der Waals surface area contributed by atoms with Crippen molar-refractivity contribution in [3.63, 3.8) is 0 Å². The molecule has 0 saturated heterocycles. The lowest BCUT2D eigenvalue weighted by atomic mass is 10.2. The fourth-order valence-corrected chi connectivity index (χ4v) is 1.85. The second kappa shape index (κ2) is 6.86. The van der Waals surface area contributed by atoms with Crippen molar-refractivity contribution >= 4 is 17.5 Å². The van der Waals surface area contributed by atoms with Gasteiger partial charge in [-0.15, -0.1) is 0 Å². The van der Waals surface area contributed by atoms with Crippen molar-refractivity contribution in [3.05, 3.63) is 41.6 Å². The van der Waals surface area contributed by atoms with E-state index in [-0.39, 0.29) is 0 Å². The Morgan fingerprint density at radius 1 is 1.30 bits per heavy atom. The minimum absolute atomic E-state index is 0.598. The molecule has 20 heavy (non-hydrogen) atoms. The molecule has 0 aliphatic heterocycles. The number of hydrogen-bond acceptors (Lipinski definition) is 5. The van der Waals surface area contributed by atoms with Crippen LogP contribution < -0.4 is 10.6 Å². The summed E-state index contributed by atoms with van der Waals surface area (Å²) in [5.41, 5.74) is 3.11. The van der Waals surface area contributed by atoms with Gasteiger partial charge in [0.15, 0.2) is 0 Å². The zero-order valence-corrected chi connectivity index (χ0v) is 12.1. The Morgan fingerprint density at radius 3 is 2.90 bits per heavy atom. The molecule has 5 heteroatoms. The van der Waals surface area contributed by atoms with E-state index >= 15 is 0 Å². The lowest BCUT2D eigenvalue weighted by molar-refractivity contribution is 0.185. The molecular weight excluding hydrogens is 252 g/mol. The van der Waals surface area contributed by atoms with Crippen LogP contribution in [0.2, 0.25) is 0 Å². The third-order valence-corrected chi connectivity index (χ3v) is 2.81. The maximum atomic E-state index is 5.14. The predicted octanol–water partition coefficient (Wildman–Crippen LogP) is 3.11. The van der Waals surface area contributed by atoms with Crippen LogP contribution in [-0.4, -0.2) is 23.6 Å². The first kappa shape index (κ1) is 14.3. The lowest BCUT2D eigenvalue weighted by Crippen LogP contribution is -2.05. The first-order chi connectivity index (χ1) is 9.72. The second-order valence-electron chi connectivity index (χ2n) is 4.51. The summed E-state index contributed by atoms with van der Waals surface area (Å²) in [6.45, 7) is 5.40. The molecule has 0 unspecified atom stereocenters. The number of hydrogen-bond donors (Lipinski definition) is 2. The third-order valence-electron chi connectivity index (χ3n) is 2.81. The molecular formula is C15H20N4O. The molecule has 1 aromatic carbocycles. The molecule has 0 fully saturated rings. The molecule has 0 aliphatic carbocycles. The van der Waals surface area contributed by atoms with E-state index in [1.54, 1.807) is 7.11 Å². The summed E-state index contributed by atoms with van der Waals surface area (Å²) in [5.74, 6) is 1.44. The highest BCUT2D eigenvalue weighted by Crippen LogP contribution is 2.20. The Kier molecular flexibility index (Phi) is 4.90. The first-order valence-corrected chi connectivity index (χ1v) is 6.65. The highest BCUT2D eigenvalue weighted by Gasteiger charge is 2.04. The molecule has 0 atom stereocenters. The number of aromatic nitrogens is 2. The van der Waals surface area contributed by atoms with Gasteiger partial charge in [-0.1, -0.05) is 12.1 Å². The van der Waals surface area contributed by atoms with Crippen LogP contribution in [0.5, 0.6) is 0 Å². The molecule has 0 radical (unpaired) electrons. The number of aryl methyl sites for hydroxylation is 1. The number of ether oxygens (including phenoxy) is 1. The van der Waals surface area contributed by atoms with Gasteiger partial charge in [0.05, 0.1) is 6.61 Å². The van der Waals surface area contributed by atoms with Crippen molar-refractivity contribution in [1.29, 1.82) is 0 Å². The molecule has 2 N–H and O–H groups in total. The zero-order chi connectivity index (χ0) is 14.4. The van der Waals surface area contributed by atoms with Gasteiger partial charge in [-0.3, -0.25) is 0 Å². The molecule has 2 rings (SSSR count). The van der Waals surface area contributed by atoms with Gasteiger partial charge in [-0.05, 0) is 31.5 Å². The summed E-state index contributed by atoms with van der Waals surface area (Å²) in [4.78, 5) is 8.70. The average molecular weight is 272 g/mol. The average Bonchev–Trinajstić information content (AvgIpc) is 2.44. The Hall–Kier alpha value is -2.14. The van der Waals surface area contributed by atoms with Crippen LogP contribution in [0.3, 0.4) is 0 Å². The van der Waals surface area contributed by atoms with E-state index in [2.05, 4.69) is 26.7 Å². The summed E-state index contributed by atoms with van der Waals surface area (Å²) < 4.78 is 5.14. The van der Waals surface area contributed by atoms with Gasteiger partial charge in [0.25, 0.3) is 0 Å². The summed E-state index contributed by atoms with van der Waals surface area (Å²) >= 11 is 0. The minimum atomic E-state index is 0.598. The number of benzene rings is 1. The van der Waals surface area contributed by atoms with Crippen LogP contribution in [0.1, 0.15) is 18.1 Å². The molecule has 1 heterocycles. The van der Waals surface area contributed by atoms with Gasteiger partial charge in [-0.2, -0.15) is 4.98 Å². The summed E-state index contributed by atoms with van der Waals surface area (Å²) in [6, 6.07) is 8.09. The molecule has 2 aromatic rings. The van der Waals surface area contributed by atoms with E-state index in [4.69, 9.17) is 4.74 Å². The van der Waals surface area contributed by atoms with Crippen LogP contribution in [-0.2, 0) is 11.3 Å². The number of nitrogens with zero attached hydrogens (tertiary/aromatic N) is 2. The Balaban J connectivity index is 2.20. The van der Waals surface area contributed by atoms with Gasteiger partial charge in [-0.25, -0.2) is 4.98 Å². The Labute approximate surface area is 119 Å². The van der Waals surface area contributed by atoms with Crippen molar-refractivity contribution < 1.29 is 4.74 Å². The molecule has 0 spiro atoms. The van der Waals surface area contributed by atoms with Crippen LogP contribution in [0.15, 0.2) is 30.5 Å². The molecule has 1 aromatic heterocycles. The smallest absolute Gasteiger partial charge is 0.224 e. The predicted molar refractivity (Wildman–Crippen MR) is 81.4 cm³/mol. The standard InChI is InChI=1S/C15H20N4O/c1-4-16-15-17-9-11(2)14(19-15)18-13-7-5-6-12(8-13)10-20-3/h5-9H,4,10H2,1-3H3,(H2,16,17,18,19). The fraction of sp³-hybridized carbons (Fsp3) is 0.333. The third kappa shape index (κ3) is 3.68. The van der Waals surface area contributed by atoms with E-state index in [0.29, 0.717) is 12.6 Å². The monoisotopic (exact) mass is 272 g/mol. The van der Waals surface area contributed by atoms with Gasteiger partial charge in [0, 0.05) is 31.1 Å². The summed E-state index contributed by atoms with van der Waals surface area (Å²) in [7, 11) is 1.69. The largest absolute Gasteiger partial charge is 0.380 e. The fourth-order valence-electron chi connectivity index (χ4n) is 1.85. The SMILES string of the molecule is CCNc1ncc(C)c(Nc2cccc(COC)c2)n1. The van der Waals surface area contributed by atoms with Crippen LogP contribution >= 0.6 is 0 Å². The highest BCUT2D eigenvalue weighted by atomic mass is 16.5. The minimum Gasteiger partial charge on any atom is -0.380 e. The van der Waals surface area contributed by atoms with Crippen molar-refractivity contribution in [2.75, 3.05) is 24.3 Å². The summed E-state index contributed by atoms with van der Waals surface area (Å²) in [5, 5.41) is 6.43. The number of nitrogens with one attached hydrogen (secondary N) is 2. The van der Waals surface area contributed by atoms with Gasteiger partial charge in [0.1, 0.15) is 5.82 Å². The molecule has 5 nitrogen and oxygen atoms in total. The van der Waals surface area contributed by atoms with Crippen LogP contribution in [0.25, 0.3) is 0 Å². The van der Waals surface area contributed by atoms with E-state index in [0.717, 1.165) is 29.2 Å². The lowest BCUT2D eigenvalue weighted by Gasteiger charge is -2.11. The van der Waals surface area contributed by atoms with Crippen molar-refractivity contribution in [2.24, 2.45) is 0 Å². The highest BCUT2D eigenvalue weighted by molar-refractivity contribution is 5.60. The maximum Gasteiger partial charge on any atom is 0.224 e. The Morgan fingerprint density at radius 2 is 2.15 bits per heavy atom. The van der Waals surface area contributed by atoms with Crippen molar-refractivity contribution in [3.8, 4) is 0 Å². The molecule has 0 aliphatic rings. The zero-order valence-electron chi connectivity index (χ0n) is 12.1. The normalized spacial score (nSPS) is 10.3. The van der Waals surface area contributed by atoms with Crippen molar-refractivity contribution in [2.45, 2.75) is 20.5 Å². The number of methoxy groups -OCH3 is 1. The maximum absolute atomic E-state index is 5.14. The van der Waals surface area contributed by atoms with E-state index < -0.39 is 0 Å². The van der Waals surface area contributed by atoms with Gasteiger partial charge < -0.3 is 15.4 Å². The summed E-state index contributed by atoms with van der Waals surface area (Å²) in [6.07, 6.45) is 1.81. The molecule has 0 bridgehead atoms. The van der Waals surface area contributed by atoms with Crippen LogP contribution in [0, 0.1) is 6.92 Å². The topological polar surface area (TPSA) is 59.1 Å². The van der Waals surface area contributed by atoms with E-state index in [1.807, 2.05) is 38.2 Å².